The number of hydrogen-bond acceptors (Lipinski definition) is 4. The highest BCUT2D eigenvalue weighted by atomic mass is 35.5. The van der Waals surface area contributed by atoms with E-state index in [9.17, 15) is 0 Å². The van der Waals surface area contributed by atoms with E-state index in [0.717, 1.165) is 39.4 Å². The number of hydrogen-bond donors (Lipinski definition) is 1. The fourth-order valence-corrected chi connectivity index (χ4v) is 2.92. The minimum absolute atomic E-state index is 0.766. The van der Waals surface area contributed by atoms with Crippen molar-refractivity contribution in [3.05, 3.63) is 46.2 Å². The summed E-state index contributed by atoms with van der Waals surface area (Å²) in [5.74, 6) is 2.66. The highest BCUT2D eigenvalue weighted by molar-refractivity contribution is 7.98. The van der Waals surface area contributed by atoms with Crippen LogP contribution in [0.15, 0.2) is 29.3 Å². The lowest BCUT2D eigenvalue weighted by Gasteiger charge is -2.11. The topological polar surface area (TPSA) is 37.8 Å². The van der Waals surface area contributed by atoms with E-state index >= 15 is 0 Å². The van der Waals surface area contributed by atoms with E-state index in [4.69, 9.17) is 11.6 Å². The summed E-state index contributed by atoms with van der Waals surface area (Å²) in [6.45, 7) is 4.12. The molecular weight excluding hydrogens is 290 g/mol. The Morgan fingerprint density at radius 3 is 2.50 bits per heavy atom. The van der Waals surface area contributed by atoms with Crippen molar-refractivity contribution >= 4 is 29.2 Å². The van der Waals surface area contributed by atoms with Gasteiger partial charge in [-0.2, -0.15) is 0 Å². The zero-order valence-electron chi connectivity index (χ0n) is 11.9. The molecule has 0 spiro atoms. The Labute approximate surface area is 129 Å². The molecule has 5 heteroatoms. The monoisotopic (exact) mass is 307 g/mol. The predicted octanol–water partition coefficient (Wildman–Crippen LogP) is 4.33. The molecule has 0 saturated carbocycles. The van der Waals surface area contributed by atoms with E-state index in [1.807, 2.05) is 31.3 Å². The Morgan fingerprint density at radius 2 is 1.90 bits per heavy atom. The molecule has 0 aliphatic heterocycles. The summed E-state index contributed by atoms with van der Waals surface area (Å²) in [4.78, 5) is 9.10. The van der Waals surface area contributed by atoms with Crippen LogP contribution in [0.2, 0.25) is 5.02 Å². The van der Waals surface area contributed by atoms with Gasteiger partial charge in [0.05, 0.1) is 0 Å². The Kier molecular flexibility index (Phi) is 5.26. The van der Waals surface area contributed by atoms with Crippen LogP contribution >= 0.6 is 23.4 Å². The number of anilines is 1. The van der Waals surface area contributed by atoms with Crippen molar-refractivity contribution in [2.45, 2.75) is 31.0 Å². The van der Waals surface area contributed by atoms with Crippen molar-refractivity contribution < 1.29 is 0 Å². The fraction of sp³-hybridized carbons (Fsp3) is 0.333. The maximum atomic E-state index is 5.90. The second-order valence-electron chi connectivity index (χ2n) is 4.44. The first-order valence-corrected chi connectivity index (χ1v) is 7.93. The molecule has 0 amide bonds. The molecule has 1 heterocycles. The zero-order valence-corrected chi connectivity index (χ0v) is 13.5. The third kappa shape index (κ3) is 3.64. The molecule has 0 bridgehead atoms. The molecule has 1 N–H and O–H groups in total. The molecule has 0 aliphatic carbocycles. The molecule has 0 fully saturated rings. The summed E-state index contributed by atoms with van der Waals surface area (Å²) in [7, 11) is 1.89. The standard InChI is InChI=1S/C15H18ClN3S/c1-4-13-18-14(17-3)10(2)15(19-13)20-9-11-5-7-12(16)8-6-11/h5-8H,4,9H2,1-3H3,(H,17,18,19). The molecule has 1 aromatic carbocycles. The maximum Gasteiger partial charge on any atom is 0.133 e. The van der Waals surface area contributed by atoms with Crippen molar-refractivity contribution in [1.29, 1.82) is 0 Å². The van der Waals surface area contributed by atoms with E-state index in [-0.39, 0.29) is 0 Å². The zero-order chi connectivity index (χ0) is 14.5. The van der Waals surface area contributed by atoms with Crippen LogP contribution in [0, 0.1) is 6.92 Å². The molecule has 0 unspecified atom stereocenters. The Bertz CT molecular complexity index is 584. The van der Waals surface area contributed by atoms with Crippen LogP contribution in [0.3, 0.4) is 0 Å². The van der Waals surface area contributed by atoms with Crippen molar-refractivity contribution in [1.82, 2.24) is 9.97 Å². The van der Waals surface area contributed by atoms with Gasteiger partial charge in [0.2, 0.25) is 0 Å². The molecule has 106 valence electrons. The van der Waals surface area contributed by atoms with Gasteiger partial charge < -0.3 is 5.32 Å². The Hall–Kier alpha value is -1.26. The van der Waals surface area contributed by atoms with E-state index < -0.39 is 0 Å². The molecule has 3 nitrogen and oxygen atoms in total. The summed E-state index contributed by atoms with van der Waals surface area (Å²) < 4.78 is 0. The first kappa shape index (κ1) is 15.1. The lowest BCUT2D eigenvalue weighted by Crippen LogP contribution is -2.04. The number of benzene rings is 1. The van der Waals surface area contributed by atoms with Crippen LogP contribution in [-0.2, 0) is 12.2 Å². The van der Waals surface area contributed by atoms with Crippen LogP contribution in [0.4, 0.5) is 5.82 Å². The summed E-state index contributed by atoms with van der Waals surface area (Å²) >= 11 is 7.63. The smallest absolute Gasteiger partial charge is 0.133 e. The van der Waals surface area contributed by atoms with Gasteiger partial charge in [0.1, 0.15) is 16.7 Å². The van der Waals surface area contributed by atoms with Crippen LogP contribution in [0.5, 0.6) is 0 Å². The summed E-state index contributed by atoms with van der Waals surface area (Å²) in [6, 6.07) is 7.93. The van der Waals surface area contributed by atoms with Gasteiger partial charge in [-0.15, -0.1) is 11.8 Å². The number of nitrogens with zero attached hydrogens (tertiary/aromatic N) is 2. The molecule has 2 aromatic rings. The van der Waals surface area contributed by atoms with Gasteiger partial charge in [-0.1, -0.05) is 30.7 Å². The number of aromatic nitrogens is 2. The van der Waals surface area contributed by atoms with Gasteiger partial charge in [-0.3, -0.25) is 0 Å². The van der Waals surface area contributed by atoms with Gasteiger partial charge in [0.25, 0.3) is 0 Å². The SMILES string of the molecule is CCc1nc(NC)c(C)c(SCc2ccc(Cl)cc2)n1. The van der Waals surface area contributed by atoms with E-state index in [0.29, 0.717) is 0 Å². The molecule has 20 heavy (non-hydrogen) atoms. The number of nitrogens with one attached hydrogen (secondary N) is 1. The number of thioether (sulfide) groups is 1. The third-order valence-electron chi connectivity index (χ3n) is 2.99. The Morgan fingerprint density at radius 1 is 1.20 bits per heavy atom. The van der Waals surface area contributed by atoms with Crippen LogP contribution in [-0.4, -0.2) is 17.0 Å². The molecule has 2 rings (SSSR count). The largest absolute Gasteiger partial charge is 0.373 e. The first-order valence-electron chi connectivity index (χ1n) is 6.56. The summed E-state index contributed by atoms with van der Waals surface area (Å²) in [5, 5.41) is 4.94. The van der Waals surface area contributed by atoms with Crippen LogP contribution < -0.4 is 5.32 Å². The molecule has 0 aliphatic rings. The predicted molar refractivity (Wildman–Crippen MR) is 86.7 cm³/mol. The van der Waals surface area contributed by atoms with Gasteiger partial charge in [0.15, 0.2) is 0 Å². The number of aryl methyl sites for hydroxylation is 1. The quantitative estimate of drug-likeness (QED) is 0.659. The Balaban J connectivity index is 2.18. The molecular formula is C15H18ClN3S. The molecule has 1 aromatic heterocycles. The van der Waals surface area contributed by atoms with E-state index in [2.05, 4.69) is 29.1 Å². The minimum atomic E-state index is 0.766. The lowest BCUT2D eigenvalue weighted by molar-refractivity contribution is 0.874. The highest BCUT2D eigenvalue weighted by Gasteiger charge is 2.10. The van der Waals surface area contributed by atoms with Gasteiger partial charge in [-0.25, -0.2) is 9.97 Å². The van der Waals surface area contributed by atoms with Gasteiger partial charge in [-0.05, 0) is 24.6 Å². The lowest BCUT2D eigenvalue weighted by atomic mass is 10.2. The van der Waals surface area contributed by atoms with Crippen molar-refractivity contribution in [3.63, 3.8) is 0 Å². The first-order chi connectivity index (χ1) is 9.63. The second-order valence-corrected chi connectivity index (χ2v) is 5.84. The number of halogens is 1. The van der Waals surface area contributed by atoms with E-state index in [1.54, 1.807) is 11.8 Å². The minimum Gasteiger partial charge on any atom is -0.373 e. The van der Waals surface area contributed by atoms with Gasteiger partial charge >= 0.3 is 0 Å². The fourth-order valence-electron chi connectivity index (χ4n) is 1.81. The average molecular weight is 308 g/mol. The molecule has 0 saturated heterocycles. The van der Waals surface area contributed by atoms with E-state index in [1.165, 1.54) is 5.56 Å². The van der Waals surface area contributed by atoms with Gasteiger partial charge in [0, 0.05) is 29.8 Å². The average Bonchev–Trinajstić information content (AvgIpc) is 2.48. The van der Waals surface area contributed by atoms with Crippen molar-refractivity contribution in [2.24, 2.45) is 0 Å². The van der Waals surface area contributed by atoms with Crippen molar-refractivity contribution in [3.8, 4) is 0 Å². The molecule has 0 radical (unpaired) electrons. The number of rotatable bonds is 5. The summed E-state index contributed by atoms with van der Waals surface area (Å²) in [5.41, 5.74) is 2.34. The van der Waals surface area contributed by atoms with Crippen LogP contribution in [0.25, 0.3) is 0 Å². The van der Waals surface area contributed by atoms with Crippen molar-refractivity contribution in [2.75, 3.05) is 12.4 Å². The highest BCUT2D eigenvalue weighted by Crippen LogP contribution is 2.28. The second kappa shape index (κ2) is 6.95. The molecule has 0 atom stereocenters. The maximum absolute atomic E-state index is 5.90. The van der Waals surface area contributed by atoms with Crippen LogP contribution in [0.1, 0.15) is 23.9 Å². The normalized spacial score (nSPS) is 10.6. The summed E-state index contributed by atoms with van der Waals surface area (Å²) in [6.07, 6.45) is 0.837. The third-order valence-corrected chi connectivity index (χ3v) is 4.39.